The van der Waals surface area contributed by atoms with Crippen LogP contribution in [0.5, 0.6) is 23.0 Å². The van der Waals surface area contributed by atoms with Gasteiger partial charge in [-0.2, -0.15) is 0 Å². The minimum absolute atomic E-state index is 0.0285. The van der Waals surface area contributed by atoms with Crippen molar-refractivity contribution in [2.75, 3.05) is 6.79 Å². The van der Waals surface area contributed by atoms with Crippen LogP contribution in [0.4, 0.5) is 0 Å². The first kappa shape index (κ1) is 13.6. The highest BCUT2D eigenvalue weighted by Gasteiger charge is 2.16. The van der Waals surface area contributed by atoms with Crippen LogP contribution in [-0.2, 0) is 6.42 Å². The zero-order valence-electron chi connectivity index (χ0n) is 11.3. The minimum atomic E-state index is -0.795. The van der Waals surface area contributed by atoms with Crippen LogP contribution >= 0.6 is 0 Å². The van der Waals surface area contributed by atoms with Crippen molar-refractivity contribution in [2.45, 2.75) is 18.9 Å². The van der Waals surface area contributed by atoms with Crippen molar-refractivity contribution in [2.24, 2.45) is 0 Å². The number of hydrogen-bond donors (Lipinski definition) is 3. The molecule has 1 atom stereocenters. The summed E-state index contributed by atoms with van der Waals surface area (Å²) in [7, 11) is 0. The summed E-state index contributed by atoms with van der Waals surface area (Å²) in [6.07, 6.45) is 0.298. The smallest absolute Gasteiger partial charge is 0.231 e. The Hall–Kier alpha value is -2.40. The van der Waals surface area contributed by atoms with Crippen LogP contribution in [0.15, 0.2) is 36.4 Å². The zero-order valence-corrected chi connectivity index (χ0v) is 11.3. The van der Waals surface area contributed by atoms with Crippen LogP contribution in [0.2, 0.25) is 0 Å². The fourth-order valence-electron chi connectivity index (χ4n) is 2.37. The molecule has 1 aliphatic rings. The fraction of sp³-hybridized carbons (Fsp3) is 0.250. The van der Waals surface area contributed by atoms with Gasteiger partial charge in [0.2, 0.25) is 6.79 Å². The lowest BCUT2D eigenvalue weighted by atomic mass is 10.0. The first-order chi connectivity index (χ1) is 10.1. The van der Waals surface area contributed by atoms with Gasteiger partial charge in [0.25, 0.3) is 0 Å². The standard InChI is InChI=1S/C16H16O5/c17-11-3-4-12(14(19)8-11)13(18)5-1-10-2-6-15-16(7-10)21-9-20-15/h2-4,6-8,13,17-19H,1,5,9H2/t13-/m0/s1. The van der Waals surface area contributed by atoms with Gasteiger partial charge in [0.1, 0.15) is 11.5 Å². The predicted octanol–water partition coefficient (Wildman–Crippen LogP) is 2.49. The van der Waals surface area contributed by atoms with Crippen LogP contribution in [0.3, 0.4) is 0 Å². The number of rotatable bonds is 4. The molecule has 1 heterocycles. The average Bonchev–Trinajstić information content (AvgIpc) is 2.92. The van der Waals surface area contributed by atoms with Gasteiger partial charge >= 0.3 is 0 Å². The quantitative estimate of drug-likeness (QED) is 0.805. The zero-order chi connectivity index (χ0) is 14.8. The number of phenols is 2. The molecule has 5 nitrogen and oxygen atoms in total. The Kier molecular flexibility index (Phi) is 3.58. The molecule has 0 fully saturated rings. The van der Waals surface area contributed by atoms with E-state index in [2.05, 4.69) is 0 Å². The monoisotopic (exact) mass is 288 g/mol. The van der Waals surface area contributed by atoms with Gasteiger partial charge in [-0.15, -0.1) is 0 Å². The van der Waals surface area contributed by atoms with Gasteiger partial charge in [-0.3, -0.25) is 0 Å². The normalized spacial score (nSPS) is 14.1. The molecule has 1 aliphatic heterocycles. The van der Waals surface area contributed by atoms with Crippen molar-refractivity contribution >= 4 is 0 Å². The Balaban J connectivity index is 1.67. The summed E-state index contributed by atoms with van der Waals surface area (Å²) in [5.74, 6) is 1.32. The number of hydrogen-bond acceptors (Lipinski definition) is 5. The molecule has 0 aliphatic carbocycles. The van der Waals surface area contributed by atoms with Gasteiger partial charge in [0.15, 0.2) is 11.5 Å². The van der Waals surface area contributed by atoms with E-state index in [0.717, 1.165) is 17.1 Å². The summed E-state index contributed by atoms with van der Waals surface area (Å²) >= 11 is 0. The third-order valence-corrected chi connectivity index (χ3v) is 3.52. The van der Waals surface area contributed by atoms with Gasteiger partial charge in [-0.1, -0.05) is 6.07 Å². The van der Waals surface area contributed by atoms with E-state index in [9.17, 15) is 15.3 Å². The van der Waals surface area contributed by atoms with Crippen molar-refractivity contribution in [3.8, 4) is 23.0 Å². The van der Waals surface area contributed by atoms with E-state index >= 15 is 0 Å². The SMILES string of the molecule is Oc1ccc([C@@H](O)CCc2ccc3c(c2)OCO3)c(O)c1. The van der Waals surface area contributed by atoms with Crippen molar-refractivity contribution in [1.29, 1.82) is 0 Å². The Morgan fingerprint density at radius 3 is 2.62 bits per heavy atom. The lowest BCUT2D eigenvalue weighted by molar-refractivity contribution is 0.164. The Bertz CT molecular complexity index is 653. The summed E-state index contributed by atoms with van der Waals surface area (Å²) in [4.78, 5) is 0. The molecule has 2 aromatic rings. The van der Waals surface area contributed by atoms with Crippen molar-refractivity contribution < 1.29 is 24.8 Å². The molecule has 0 radical (unpaired) electrons. The molecule has 3 N–H and O–H groups in total. The molecule has 0 saturated heterocycles. The van der Waals surface area contributed by atoms with E-state index in [-0.39, 0.29) is 18.3 Å². The minimum Gasteiger partial charge on any atom is -0.508 e. The van der Waals surface area contributed by atoms with Crippen LogP contribution in [0, 0.1) is 0 Å². The number of phenolic OH excluding ortho intramolecular Hbond substituents is 2. The summed E-state index contributed by atoms with van der Waals surface area (Å²) in [5, 5.41) is 29.1. The molecule has 0 amide bonds. The molecular formula is C16H16O5. The van der Waals surface area contributed by atoms with Gasteiger partial charge in [-0.25, -0.2) is 0 Å². The summed E-state index contributed by atoms with van der Waals surface area (Å²) < 4.78 is 10.6. The van der Waals surface area contributed by atoms with Crippen LogP contribution in [0.1, 0.15) is 23.7 Å². The first-order valence-corrected chi connectivity index (χ1v) is 6.72. The Morgan fingerprint density at radius 2 is 1.81 bits per heavy atom. The number of fused-ring (bicyclic) bond motifs is 1. The third-order valence-electron chi connectivity index (χ3n) is 3.52. The average molecular weight is 288 g/mol. The highest BCUT2D eigenvalue weighted by molar-refractivity contribution is 5.44. The van der Waals surface area contributed by atoms with Crippen LogP contribution in [-0.4, -0.2) is 22.1 Å². The first-order valence-electron chi connectivity index (χ1n) is 6.72. The van der Waals surface area contributed by atoms with E-state index in [1.807, 2.05) is 18.2 Å². The van der Waals surface area contributed by atoms with Crippen LogP contribution < -0.4 is 9.47 Å². The van der Waals surface area contributed by atoms with Crippen LogP contribution in [0.25, 0.3) is 0 Å². The second kappa shape index (κ2) is 5.54. The van der Waals surface area contributed by atoms with E-state index in [0.29, 0.717) is 18.4 Å². The lowest BCUT2D eigenvalue weighted by Crippen LogP contribution is -2.00. The molecule has 2 aromatic carbocycles. The van der Waals surface area contributed by atoms with E-state index in [1.54, 1.807) is 0 Å². The number of aryl methyl sites for hydroxylation is 1. The van der Waals surface area contributed by atoms with Gasteiger partial charge in [-0.05, 0) is 42.7 Å². The predicted molar refractivity (Wildman–Crippen MR) is 75.6 cm³/mol. The van der Waals surface area contributed by atoms with E-state index in [4.69, 9.17) is 9.47 Å². The molecular weight excluding hydrogens is 272 g/mol. The molecule has 0 aromatic heterocycles. The maximum atomic E-state index is 10.1. The second-order valence-electron chi connectivity index (χ2n) is 4.99. The summed E-state index contributed by atoms with van der Waals surface area (Å²) in [6, 6.07) is 9.86. The molecule has 3 rings (SSSR count). The topological polar surface area (TPSA) is 79.2 Å². The molecule has 5 heteroatoms. The highest BCUT2D eigenvalue weighted by Crippen LogP contribution is 2.34. The molecule has 0 spiro atoms. The lowest BCUT2D eigenvalue weighted by Gasteiger charge is -2.13. The van der Waals surface area contributed by atoms with Gasteiger partial charge in [0.05, 0.1) is 6.10 Å². The molecule has 21 heavy (non-hydrogen) atoms. The number of aromatic hydroxyl groups is 2. The number of aliphatic hydroxyl groups is 1. The number of aliphatic hydroxyl groups excluding tert-OH is 1. The van der Waals surface area contributed by atoms with Gasteiger partial charge < -0.3 is 24.8 Å². The third kappa shape index (κ3) is 2.87. The Labute approximate surface area is 122 Å². The summed E-state index contributed by atoms with van der Waals surface area (Å²) in [5.41, 5.74) is 1.44. The van der Waals surface area contributed by atoms with Crippen molar-refractivity contribution in [3.63, 3.8) is 0 Å². The fourth-order valence-corrected chi connectivity index (χ4v) is 2.37. The second-order valence-corrected chi connectivity index (χ2v) is 4.99. The largest absolute Gasteiger partial charge is 0.508 e. The molecule has 0 bridgehead atoms. The van der Waals surface area contributed by atoms with Crippen molar-refractivity contribution in [1.82, 2.24) is 0 Å². The van der Waals surface area contributed by atoms with Gasteiger partial charge in [0, 0.05) is 11.6 Å². The molecule has 0 saturated carbocycles. The maximum absolute atomic E-state index is 10.1. The highest BCUT2D eigenvalue weighted by atomic mass is 16.7. The number of benzene rings is 2. The van der Waals surface area contributed by atoms with E-state index in [1.165, 1.54) is 18.2 Å². The van der Waals surface area contributed by atoms with Crippen molar-refractivity contribution in [3.05, 3.63) is 47.5 Å². The Morgan fingerprint density at radius 1 is 1.00 bits per heavy atom. The number of ether oxygens (including phenoxy) is 2. The summed E-state index contributed by atoms with van der Waals surface area (Å²) in [6.45, 7) is 0.239. The molecule has 110 valence electrons. The maximum Gasteiger partial charge on any atom is 0.231 e. The van der Waals surface area contributed by atoms with E-state index < -0.39 is 6.10 Å². The molecule has 0 unspecified atom stereocenters.